The van der Waals surface area contributed by atoms with E-state index < -0.39 is 5.54 Å². The number of anilines is 3. The third-order valence-electron chi connectivity index (χ3n) is 6.46. The van der Waals surface area contributed by atoms with E-state index in [2.05, 4.69) is 21.5 Å². The third-order valence-corrected chi connectivity index (χ3v) is 6.76. The number of rotatable bonds is 5. The number of nitrogens with two attached hydrogens (primary N) is 2. The molecule has 0 radical (unpaired) electrons. The van der Waals surface area contributed by atoms with Crippen molar-refractivity contribution in [2.24, 2.45) is 0 Å². The minimum Gasteiger partial charge on any atom is -0.493 e. The van der Waals surface area contributed by atoms with Crippen molar-refractivity contribution in [3.8, 4) is 11.8 Å². The summed E-state index contributed by atoms with van der Waals surface area (Å²) in [5.41, 5.74) is 17.7. The van der Waals surface area contributed by atoms with Gasteiger partial charge in [0.1, 0.15) is 17.6 Å². The molecule has 2 aromatic rings. The Hall–Kier alpha value is -3.29. The zero-order chi connectivity index (χ0) is 24.9. The number of hydrogen-bond donors (Lipinski definition) is 3. The lowest BCUT2D eigenvalue weighted by Crippen LogP contribution is -2.48. The first-order valence-corrected chi connectivity index (χ1v) is 11.5. The van der Waals surface area contributed by atoms with Crippen LogP contribution >= 0.6 is 11.6 Å². The van der Waals surface area contributed by atoms with Gasteiger partial charge in [-0.2, -0.15) is 15.2 Å². The Morgan fingerprint density at radius 2 is 2.09 bits per heavy atom. The van der Waals surface area contributed by atoms with Gasteiger partial charge < -0.3 is 21.1 Å². The van der Waals surface area contributed by atoms with Gasteiger partial charge in [0.25, 0.3) is 0 Å². The summed E-state index contributed by atoms with van der Waals surface area (Å²) in [6.45, 7) is 10.8. The quantitative estimate of drug-likeness (QED) is 0.582. The lowest BCUT2D eigenvalue weighted by atomic mass is 9.85. The van der Waals surface area contributed by atoms with Crippen LogP contribution in [0.25, 0.3) is 0 Å². The topological polar surface area (TPSA) is 146 Å². The van der Waals surface area contributed by atoms with E-state index in [0.29, 0.717) is 47.7 Å². The smallest absolute Gasteiger partial charge is 0.224 e. The molecular weight excluding hydrogens is 456 g/mol. The molecule has 180 valence electrons. The molecule has 10 nitrogen and oxygen atoms in total. The number of nitrogen functional groups attached to an aromatic ring is 2. The number of hydrazine groups is 1. The van der Waals surface area contributed by atoms with Crippen LogP contribution in [-0.2, 0) is 10.3 Å². The molecule has 1 atom stereocenters. The summed E-state index contributed by atoms with van der Waals surface area (Å²) >= 11 is 6.63. The fourth-order valence-electron chi connectivity index (χ4n) is 4.80. The van der Waals surface area contributed by atoms with Crippen LogP contribution in [0.2, 0.25) is 5.02 Å². The molecule has 34 heavy (non-hydrogen) atoms. The van der Waals surface area contributed by atoms with E-state index in [1.165, 1.54) is 6.92 Å². The Labute approximate surface area is 203 Å². The summed E-state index contributed by atoms with van der Waals surface area (Å²) in [6.07, 6.45) is 0. The highest BCUT2D eigenvalue weighted by Gasteiger charge is 2.43. The Morgan fingerprint density at radius 3 is 2.68 bits per heavy atom. The van der Waals surface area contributed by atoms with Crippen LogP contribution in [0.5, 0.6) is 5.75 Å². The van der Waals surface area contributed by atoms with Crippen molar-refractivity contribution in [3.63, 3.8) is 0 Å². The molecule has 0 aliphatic carbocycles. The normalized spacial score (nSPS) is 17.7. The number of benzene rings is 1. The Kier molecular flexibility index (Phi) is 5.96. The molecule has 0 bridgehead atoms. The Balaban J connectivity index is 1.84. The van der Waals surface area contributed by atoms with Crippen LogP contribution in [0.4, 0.5) is 17.6 Å². The van der Waals surface area contributed by atoms with Crippen LogP contribution in [-0.4, -0.2) is 40.5 Å². The van der Waals surface area contributed by atoms with E-state index in [9.17, 15) is 10.1 Å². The number of halogens is 1. The number of amides is 1. The first kappa shape index (κ1) is 23.9. The van der Waals surface area contributed by atoms with Crippen LogP contribution in [0, 0.1) is 11.3 Å². The molecule has 1 amide bonds. The molecule has 5 N–H and O–H groups in total. The summed E-state index contributed by atoms with van der Waals surface area (Å²) in [5, 5.41) is 12.1. The fourth-order valence-corrected chi connectivity index (χ4v) is 5.06. The number of carbonyl (C=O) groups is 1. The van der Waals surface area contributed by atoms with Crippen LogP contribution in [0.15, 0.2) is 6.07 Å². The largest absolute Gasteiger partial charge is 0.493 e. The van der Waals surface area contributed by atoms with Crippen LogP contribution in [0.3, 0.4) is 0 Å². The first-order valence-electron chi connectivity index (χ1n) is 11.1. The minimum atomic E-state index is -0.539. The molecule has 2 aliphatic heterocycles. The lowest BCUT2D eigenvalue weighted by molar-refractivity contribution is -0.133. The second-order valence-corrected chi connectivity index (χ2v) is 9.59. The highest BCUT2D eigenvalue weighted by atomic mass is 35.5. The van der Waals surface area contributed by atoms with Gasteiger partial charge in [-0.3, -0.25) is 9.80 Å². The minimum absolute atomic E-state index is 0.00157. The van der Waals surface area contributed by atoms with Gasteiger partial charge in [0, 0.05) is 37.1 Å². The molecule has 2 aliphatic rings. The highest BCUT2D eigenvalue weighted by Crippen LogP contribution is 2.47. The van der Waals surface area contributed by atoms with Crippen molar-refractivity contribution in [3.05, 3.63) is 33.3 Å². The van der Waals surface area contributed by atoms with Crippen molar-refractivity contribution in [2.75, 3.05) is 36.2 Å². The molecule has 1 aromatic heterocycles. The molecule has 0 saturated carbocycles. The summed E-state index contributed by atoms with van der Waals surface area (Å²) < 4.78 is 6.14. The van der Waals surface area contributed by atoms with Crippen molar-refractivity contribution >= 4 is 35.1 Å². The average Bonchev–Trinajstić information content (AvgIpc) is 2.98. The van der Waals surface area contributed by atoms with Gasteiger partial charge in [-0.05, 0) is 33.8 Å². The lowest BCUT2D eigenvalue weighted by Gasteiger charge is -2.40. The predicted molar refractivity (Wildman–Crippen MR) is 130 cm³/mol. The van der Waals surface area contributed by atoms with Crippen molar-refractivity contribution in [2.45, 2.75) is 52.1 Å². The Morgan fingerprint density at radius 1 is 1.41 bits per heavy atom. The van der Waals surface area contributed by atoms with E-state index in [1.54, 1.807) is 11.0 Å². The second-order valence-electron chi connectivity index (χ2n) is 9.18. The van der Waals surface area contributed by atoms with Crippen molar-refractivity contribution < 1.29 is 9.53 Å². The molecule has 0 spiro atoms. The summed E-state index contributed by atoms with van der Waals surface area (Å²) in [4.78, 5) is 22.1. The van der Waals surface area contributed by atoms with E-state index in [4.69, 9.17) is 27.8 Å². The number of hydrogen-bond acceptors (Lipinski definition) is 9. The van der Waals surface area contributed by atoms with Crippen LogP contribution < -0.4 is 26.6 Å². The number of carbonyl (C=O) groups excluding carboxylic acids is 1. The maximum absolute atomic E-state index is 11.8. The predicted octanol–water partition coefficient (Wildman–Crippen LogP) is 2.83. The average molecular weight is 485 g/mol. The van der Waals surface area contributed by atoms with E-state index in [-0.39, 0.29) is 23.8 Å². The number of likely N-dealkylation sites (tertiary alicyclic amines) is 1. The number of nitriles is 1. The zero-order valence-electron chi connectivity index (χ0n) is 19.9. The van der Waals surface area contributed by atoms with Gasteiger partial charge >= 0.3 is 0 Å². The summed E-state index contributed by atoms with van der Waals surface area (Å²) in [5.74, 6) is 1.53. The third kappa shape index (κ3) is 3.75. The fraction of sp³-hybridized carbons (Fsp3) is 0.478. The number of nitrogens with zero attached hydrogens (tertiary/aromatic N) is 5. The first-order chi connectivity index (χ1) is 16.0. The van der Waals surface area contributed by atoms with E-state index in [0.717, 1.165) is 16.7 Å². The number of nitrogens with one attached hydrogen (secondary N) is 1. The van der Waals surface area contributed by atoms with Crippen molar-refractivity contribution in [1.29, 1.82) is 5.26 Å². The van der Waals surface area contributed by atoms with Gasteiger partial charge in [-0.25, -0.2) is 5.43 Å². The molecule has 1 unspecified atom stereocenters. The molecule has 4 rings (SSSR count). The number of ether oxygens (including phenoxy) is 1. The number of fused-ring (bicyclic) bond motifs is 1. The second kappa shape index (κ2) is 8.49. The Bertz CT molecular complexity index is 1200. The van der Waals surface area contributed by atoms with Gasteiger partial charge in [-0.1, -0.05) is 11.6 Å². The molecule has 3 heterocycles. The maximum atomic E-state index is 11.8. The summed E-state index contributed by atoms with van der Waals surface area (Å²) in [7, 11) is 0. The molecule has 1 aromatic carbocycles. The van der Waals surface area contributed by atoms with Gasteiger partial charge in [0.2, 0.25) is 11.9 Å². The summed E-state index contributed by atoms with van der Waals surface area (Å²) in [6, 6.07) is 3.69. The van der Waals surface area contributed by atoms with Gasteiger partial charge in [-0.15, -0.1) is 0 Å². The molecule has 11 heteroatoms. The zero-order valence-corrected chi connectivity index (χ0v) is 20.7. The van der Waals surface area contributed by atoms with Gasteiger partial charge in [0.15, 0.2) is 5.82 Å². The highest BCUT2D eigenvalue weighted by molar-refractivity contribution is 6.32. The molecule has 1 fully saturated rings. The van der Waals surface area contributed by atoms with E-state index >= 15 is 0 Å². The monoisotopic (exact) mass is 484 g/mol. The van der Waals surface area contributed by atoms with Gasteiger partial charge in [0.05, 0.1) is 34.3 Å². The molecular formula is C23H29ClN8O2. The maximum Gasteiger partial charge on any atom is 0.224 e. The molecule has 1 saturated heterocycles. The van der Waals surface area contributed by atoms with Crippen molar-refractivity contribution in [1.82, 2.24) is 20.3 Å². The standard InChI is InChI=1S/C23H29ClN8O2/c1-6-34-19-14(7-16(24)15(8-25)17(19)13-9-31(10-13)12(3)33)11(2)32-21-18(23(4,5)30-32)20(26)28-22(27)29-21/h7,11,13,30H,6,9-10H2,1-5H3,(H4,26,27,28,29). The van der Waals surface area contributed by atoms with E-state index in [1.807, 2.05) is 32.7 Å². The van der Waals surface area contributed by atoms with Crippen LogP contribution in [0.1, 0.15) is 68.8 Å². The number of aromatic nitrogens is 2. The SMILES string of the molecule is CCOc1c(C(C)N2NC(C)(C)c3c(N)nc(N)nc32)cc(Cl)c(C#N)c1C1CN(C(C)=O)C1.